The van der Waals surface area contributed by atoms with E-state index >= 15 is 0 Å². The number of rotatable bonds is 2. The van der Waals surface area contributed by atoms with Crippen LogP contribution in [0.25, 0.3) is 55.0 Å². The number of nitrogens with zero attached hydrogens (tertiary/aromatic N) is 3. The van der Waals surface area contributed by atoms with Crippen molar-refractivity contribution in [1.82, 2.24) is 9.13 Å². The van der Waals surface area contributed by atoms with Crippen molar-refractivity contribution in [3.05, 3.63) is 181 Å². The van der Waals surface area contributed by atoms with E-state index in [2.05, 4.69) is 198 Å². The van der Waals surface area contributed by atoms with Gasteiger partial charge < -0.3 is 18.8 Å². The second-order valence-corrected chi connectivity index (χ2v) is 16.1. The molecule has 0 saturated heterocycles. The maximum atomic E-state index is 7.19. The average molecular weight is 716 g/mol. The second kappa shape index (κ2) is 10.6. The van der Waals surface area contributed by atoms with E-state index < -0.39 is 0 Å². The predicted molar refractivity (Wildman–Crippen MR) is 233 cm³/mol. The summed E-state index contributed by atoms with van der Waals surface area (Å²) >= 11 is 0. The zero-order valence-corrected chi connectivity index (χ0v) is 31.0. The summed E-state index contributed by atoms with van der Waals surface area (Å²) in [5.41, 5.74) is 16.8. The minimum absolute atomic E-state index is 0.0223. The molecule has 0 N–H and O–H groups in total. The molecule has 3 aliphatic rings. The van der Waals surface area contributed by atoms with Crippen molar-refractivity contribution in [1.29, 1.82) is 0 Å². The van der Waals surface area contributed by atoms with Gasteiger partial charge in [-0.05, 0) is 77.2 Å². The standard InChI is InChI=1S/C51H34BN3O/c1-51(2)37-22-15-26-43-48(37)52(39-29-36-34-21-10-12-24-41(34)55-42-25-13-14-27-46(42)56-50(47(39)51)49(36)55)38-28-35-33-20-9-11-23-40(33)53(31-16-5-3-6-17-31)44(35)30-45(38)54(43)32-18-7-4-8-19-32/h3-30H,1-2H3. The van der Waals surface area contributed by atoms with Crippen LogP contribution >= 0.6 is 0 Å². The van der Waals surface area contributed by atoms with Crippen LogP contribution in [0.3, 0.4) is 0 Å². The Hall–Kier alpha value is -6.98. The number of anilines is 3. The molecule has 0 atom stereocenters. The fraction of sp³-hybridized carbons (Fsp3) is 0.0588. The minimum atomic E-state index is -0.360. The molecule has 8 aromatic carbocycles. The Bertz CT molecular complexity index is 3320. The van der Waals surface area contributed by atoms with Gasteiger partial charge in [-0.3, -0.25) is 0 Å². The van der Waals surface area contributed by atoms with Gasteiger partial charge in [0, 0.05) is 55.3 Å². The second-order valence-electron chi connectivity index (χ2n) is 16.1. The molecule has 56 heavy (non-hydrogen) atoms. The van der Waals surface area contributed by atoms with Crippen molar-refractivity contribution in [3.8, 4) is 22.9 Å². The van der Waals surface area contributed by atoms with Crippen molar-refractivity contribution in [2.75, 3.05) is 4.90 Å². The van der Waals surface area contributed by atoms with Crippen molar-refractivity contribution in [2.45, 2.75) is 19.3 Å². The van der Waals surface area contributed by atoms with Crippen LogP contribution in [0.2, 0.25) is 0 Å². The van der Waals surface area contributed by atoms with E-state index in [1.807, 2.05) is 0 Å². The van der Waals surface area contributed by atoms with Crippen LogP contribution < -0.4 is 26.0 Å². The van der Waals surface area contributed by atoms with E-state index in [1.165, 1.54) is 77.0 Å². The molecule has 0 radical (unpaired) electrons. The lowest BCUT2D eigenvalue weighted by Crippen LogP contribution is -2.64. The van der Waals surface area contributed by atoms with Gasteiger partial charge in [-0.25, -0.2) is 0 Å². The maximum Gasteiger partial charge on any atom is 0.247 e. The summed E-state index contributed by atoms with van der Waals surface area (Å²) in [4.78, 5) is 2.51. The molecule has 0 bridgehead atoms. The highest BCUT2D eigenvalue weighted by molar-refractivity contribution is 6.99. The van der Waals surface area contributed by atoms with Crippen LogP contribution in [0.4, 0.5) is 17.1 Å². The molecule has 10 aromatic rings. The third-order valence-corrected chi connectivity index (χ3v) is 12.9. The van der Waals surface area contributed by atoms with Gasteiger partial charge in [-0.2, -0.15) is 0 Å². The van der Waals surface area contributed by atoms with Crippen molar-refractivity contribution >= 4 is 83.8 Å². The monoisotopic (exact) mass is 715 g/mol. The van der Waals surface area contributed by atoms with Gasteiger partial charge in [0.25, 0.3) is 0 Å². The molecule has 0 unspecified atom stereocenters. The van der Waals surface area contributed by atoms with Crippen LogP contribution in [0.15, 0.2) is 170 Å². The van der Waals surface area contributed by atoms with Crippen LogP contribution in [0.1, 0.15) is 25.0 Å². The lowest BCUT2D eigenvalue weighted by Gasteiger charge is -2.46. The fourth-order valence-corrected chi connectivity index (χ4v) is 10.7. The molecule has 3 aliphatic heterocycles. The van der Waals surface area contributed by atoms with Gasteiger partial charge in [0.15, 0.2) is 11.5 Å². The molecule has 0 spiro atoms. The van der Waals surface area contributed by atoms with E-state index in [0.717, 1.165) is 34.1 Å². The lowest BCUT2D eigenvalue weighted by molar-refractivity contribution is 0.458. The molecule has 2 aromatic heterocycles. The molecule has 0 amide bonds. The molecule has 5 heterocycles. The van der Waals surface area contributed by atoms with Gasteiger partial charge in [0.05, 0.1) is 27.8 Å². The van der Waals surface area contributed by atoms with Crippen molar-refractivity contribution in [2.24, 2.45) is 0 Å². The highest BCUT2D eigenvalue weighted by Gasteiger charge is 2.49. The lowest BCUT2D eigenvalue weighted by atomic mass is 9.30. The Labute approximate surface area is 324 Å². The molecule has 5 heteroatoms. The van der Waals surface area contributed by atoms with Crippen LogP contribution in [-0.4, -0.2) is 15.8 Å². The topological polar surface area (TPSA) is 22.3 Å². The van der Waals surface area contributed by atoms with Crippen molar-refractivity contribution in [3.63, 3.8) is 0 Å². The molecule has 0 fully saturated rings. The minimum Gasteiger partial charge on any atom is -0.453 e. The van der Waals surface area contributed by atoms with E-state index in [4.69, 9.17) is 4.74 Å². The largest absolute Gasteiger partial charge is 0.453 e. The number of ether oxygens (including phenoxy) is 1. The van der Waals surface area contributed by atoms with Gasteiger partial charge in [-0.1, -0.05) is 129 Å². The normalized spacial score (nSPS) is 14.5. The third-order valence-electron chi connectivity index (χ3n) is 12.9. The number of fused-ring (bicyclic) bond motifs is 13. The number of benzene rings is 8. The van der Waals surface area contributed by atoms with Crippen LogP contribution in [-0.2, 0) is 5.41 Å². The van der Waals surface area contributed by atoms with Crippen LogP contribution in [0, 0.1) is 0 Å². The summed E-state index contributed by atoms with van der Waals surface area (Å²) in [6.07, 6.45) is 0. The number of hydrogen-bond acceptors (Lipinski definition) is 2. The zero-order chi connectivity index (χ0) is 36.9. The summed E-state index contributed by atoms with van der Waals surface area (Å²) < 4.78 is 12.1. The first-order valence-corrected chi connectivity index (χ1v) is 19.6. The van der Waals surface area contributed by atoms with E-state index in [1.54, 1.807) is 0 Å². The average Bonchev–Trinajstić information content (AvgIpc) is 3.75. The number of hydrogen-bond donors (Lipinski definition) is 0. The first-order valence-electron chi connectivity index (χ1n) is 19.6. The molecular weight excluding hydrogens is 681 g/mol. The molecule has 4 nitrogen and oxygen atoms in total. The molecule has 13 rings (SSSR count). The molecular formula is C51H34BN3O. The summed E-state index contributed by atoms with van der Waals surface area (Å²) in [5, 5.41) is 4.98. The molecule has 262 valence electrons. The fourth-order valence-electron chi connectivity index (χ4n) is 10.7. The van der Waals surface area contributed by atoms with Gasteiger partial charge in [0.2, 0.25) is 6.71 Å². The summed E-state index contributed by atoms with van der Waals surface area (Å²) in [6, 6.07) is 62.4. The molecule has 0 saturated carbocycles. The smallest absolute Gasteiger partial charge is 0.247 e. The van der Waals surface area contributed by atoms with E-state index in [0.29, 0.717) is 0 Å². The predicted octanol–water partition coefficient (Wildman–Crippen LogP) is 10.9. The highest BCUT2D eigenvalue weighted by atomic mass is 16.5. The third kappa shape index (κ3) is 3.70. The zero-order valence-electron chi connectivity index (χ0n) is 31.0. The quantitative estimate of drug-likeness (QED) is 0.166. The maximum absolute atomic E-state index is 7.19. The Morgan fingerprint density at radius 3 is 1.89 bits per heavy atom. The Balaban J connectivity index is 1.20. The van der Waals surface area contributed by atoms with E-state index in [-0.39, 0.29) is 12.1 Å². The SMILES string of the molecule is CC1(C)c2cccc3c2B(c2cc4c5ccccc5n(-c5ccccc5)c4cc2N3c2ccccc2)c2cc3c4ccccc4n4c3c(c21)Oc1ccccc1-4. The summed E-state index contributed by atoms with van der Waals surface area (Å²) in [6.45, 7) is 4.78. The van der Waals surface area contributed by atoms with Gasteiger partial charge in [-0.15, -0.1) is 0 Å². The Morgan fingerprint density at radius 1 is 0.482 bits per heavy atom. The van der Waals surface area contributed by atoms with Gasteiger partial charge in [0.1, 0.15) is 0 Å². The number of aromatic nitrogens is 2. The van der Waals surface area contributed by atoms with Crippen molar-refractivity contribution < 1.29 is 4.74 Å². The molecule has 0 aliphatic carbocycles. The first kappa shape index (κ1) is 30.4. The van der Waals surface area contributed by atoms with Crippen LogP contribution in [0.5, 0.6) is 11.5 Å². The summed E-state index contributed by atoms with van der Waals surface area (Å²) in [5.74, 6) is 1.86. The number of para-hydroxylation sites is 6. The van der Waals surface area contributed by atoms with Gasteiger partial charge >= 0.3 is 0 Å². The Morgan fingerprint density at radius 2 is 1.11 bits per heavy atom. The van der Waals surface area contributed by atoms with E-state index in [9.17, 15) is 0 Å². The highest BCUT2D eigenvalue weighted by Crippen LogP contribution is 2.52. The summed E-state index contributed by atoms with van der Waals surface area (Å²) in [7, 11) is 0. The first-order chi connectivity index (χ1) is 27.6. The Kier molecular flexibility index (Phi) is 5.76.